The lowest BCUT2D eigenvalue weighted by Crippen LogP contribution is -2.31. The summed E-state index contributed by atoms with van der Waals surface area (Å²) in [4.78, 5) is 35.4. The Kier molecular flexibility index (Phi) is 10.3. The van der Waals surface area contributed by atoms with Crippen molar-refractivity contribution in [3.05, 3.63) is 46.5 Å². The maximum atomic E-state index is 11.8. The van der Waals surface area contributed by atoms with Gasteiger partial charge in [0.2, 0.25) is 5.91 Å². The lowest BCUT2D eigenvalue weighted by Gasteiger charge is -2.23. The molecule has 0 saturated heterocycles. The molecule has 2 atom stereocenters. The van der Waals surface area contributed by atoms with Crippen LogP contribution in [-0.2, 0) is 19.1 Å². The third kappa shape index (κ3) is 9.36. The van der Waals surface area contributed by atoms with E-state index in [2.05, 4.69) is 13.0 Å². The first kappa shape index (κ1) is 28.4. The van der Waals surface area contributed by atoms with Crippen molar-refractivity contribution in [2.75, 3.05) is 13.1 Å². The largest absolute Gasteiger partial charge is 0.504 e. The van der Waals surface area contributed by atoms with E-state index in [-0.39, 0.29) is 35.5 Å². The van der Waals surface area contributed by atoms with Crippen LogP contribution < -0.4 is 0 Å². The normalized spacial score (nSPS) is 20.4. The van der Waals surface area contributed by atoms with Crippen LogP contribution in [-0.4, -0.2) is 56.8 Å². The zero-order valence-electron chi connectivity index (χ0n) is 21.3. The molecule has 0 bridgehead atoms. The summed E-state index contributed by atoms with van der Waals surface area (Å²) >= 11 is 0. The molecule has 2 aliphatic rings. The highest BCUT2D eigenvalue weighted by Gasteiger charge is 2.27. The maximum absolute atomic E-state index is 11.8. The average Bonchev–Trinajstić information content (AvgIpc) is 3.20. The van der Waals surface area contributed by atoms with Gasteiger partial charge in [-0.05, 0) is 89.7 Å². The average molecular weight is 490 g/mol. The summed E-state index contributed by atoms with van der Waals surface area (Å²) in [7, 11) is 0. The Morgan fingerprint density at radius 3 is 2.63 bits per heavy atom. The van der Waals surface area contributed by atoms with E-state index in [1.165, 1.54) is 16.5 Å². The molecular formula is C27H39NO7. The van der Waals surface area contributed by atoms with Crippen molar-refractivity contribution in [1.82, 2.24) is 4.90 Å². The second-order valence-corrected chi connectivity index (χ2v) is 10.1. The van der Waals surface area contributed by atoms with Gasteiger partial charge >= 0.3 is 11.9 Å². The van der Waals surface area contributed by atoms with E-state index < -0.39 is 17.5 Å². The number of amides is 1. The maximum Gasteiger partial charge on any atom is 0.343 e. The van der Waals surface area contributed by atoms with E-state index in [4.69, 9.17) is 9.84 Å². The van der Waals surface area contributed by atoms with Crippen LogP contribution in [0.5, 0.6) is 0 Å². The number of aliphatic hydroxyl groups excluding tert-OH is 1. The smallest absolute Gasteiger partial charge is 0.343 e. The van der Waals surface area contributed by atoms with Gasteiger partial charge < -0.3 is 25.0 Å². The number of ether oxygens (including phenoxy) is 1. The molecule has 0 radical (unpaired) electrons. The van der Waals surface area contributed by atoms with Crippen LogP contribution >= 0.6 is 0 Å². The van der Waals surface area contributed by atoms with Crippen molar-refractivity contribution in [3.8, 4) is 0 Å². The third-order valence-electron chi connectivity index (χ3n) is 6.51. The quantitative estimate of drug-likeness (QED) is 0.241. The van der Waals surface area contributed by atoms with Crippen molar-refractivity contribution in [1.29, 1.82) is 0 Å². The van der Waals surface area contributed by atoms with Crippen LogP contribution in [0.15, 0.2) is 46.5 Å². The van der Waals surface area contributed by atoms with Crippen LogP contribution in [0.1, 0.15) is 79.1 Å². The molecule has 0 saturated carbocycles. The molecule has 1 amide bonds. The minimum Gasteiger partial charge on any atom is -0.504 e. The third-order valence-corrected chi connectivity index (χ3v) is 6.51. The summed E-state index contributed by atoms with van der Waals surface area (Å²) in [6.07, 6.45) is 11.7. The second kappa shape index (κ2) is 12.7. The van der Waals surface area contributed by atoms with Gasteiger partial charge in [0, 0.05) is 12.6 Å². The summed E-state index contributed by atoms with van der Waals surface area (Å²) in [6, 6.07) is 0. The molecule has 35 heavy (non-hydrogen) atoms. The fraction of sp³-hybridized carbons (Fsp3) is 0.593. The second-order valence-electron chi connectivity index (χ2n) is 10.1. The molecule has 0 fully saturated rings. The fourth-order valence-corrected chi connectivity index (χ4v) is 4.30. The first-order valence-electron chi connectivity index (χ1n) is 12.3. The molecule has 0 aromatic carbocycles. The summed E-state index contributed by atoms with van der Waals surface area (Å²) in [6.45, 7) is 7.56. The molecule has 0 aliphatic carbocycles. The van der Waals surface area contributed by atoms with Gasteiger partial charge in [0.15, 0.2) is 11.5 Å². The Hall–Kier alpha value is -2.87. The zero-order valence-corrected chi connectivity index (χ0v) is 21.3. The molecule has 2 aliphatic heterocycles. The number of carboxylic acid groups (broad SMARTS) is 1. The number of hydrogen-bond donors (Lipinski definition) is 3. The number of nitrogens with zero attached hydrogens (tertiary/aromatic N) is 1. The van der Waals surface area contributed by atoms with Crippen molar-refractivity contribution >= 4 is 17.8 Å². The first-order valence-corrected chi connectivity index (χ1v) is 12.3. The van der Waals surface area contributed by atoms with Gasteiger partial charge in [-0.1, -0.05) is 18.6 Å². The number of aliphatic hydroxyl groups is 2. The molecule has 2 rings (SSSR count). The van der Waals surface area contributed by atoms with E-state index in [9.17, 15) is 24.6 Å². The van der Waals surface area contributed by atoms with Crippen LogP contribution in [0, 0.1) is 5.92 Å². The van der Waals surface area contributed by atoms with Crippen LogP contribution in [0.3, 0.4) is 0 Å². The van der Waals surface area contributed by atoms with Crippen molar-refractivity contribution in [3.63, 3.8) is 0 Å². The summed E-state index contributed by atoms with van der Waals surface area (Å²) in [5.41, 5.74) is 1.62. The highest BCUT2D eigenvalue weighted by molar-refractivity contribution is 5.93. The number of allylic oxidation sites excluding steroid dienone is 3. The number of carboxylic acids is 1. The van der Waals surface area contributed by atoms with Gasteiger partial charge in [-0.25, -0.2) is 4.79 Å². The molecular weight excluding hydrogens is 450 g/mol. The SMILES string of the molecule is CC1=C(O)/C(=C/[C@@H](C)CCC/C(C)=C/CCC(C)(O)CCCC2=CC(=O)N(CC(=O)O)C2)OC1=O. The number of hydrogen-bond acceptors (Lipinski definition) is 6. The number of cyclic esters (lactones) is 1. The summed E-state index contributed by atoms with van der Waals surface area (Å²) in [5.74, 6) is -1.42. The number of carbonyl (C=O) groups is 3. The van der Waals surface area contributed by atoms with E-state index in [0.717, 1.165) is 37.7 Å². The van der Waals surface area contributed by atoms with Crippen molar-refractivity contribution in [2.45, 2.75) is 84.7 Å². The van der Waals surface area contributed by atoms with Gasteiger partial charge in [-0.2, -0.15) is 0 Å². The number of esters is 1. The van der Waals surface area contributed by atoms with E-state index >= 15 is 0 Å². The standard InChI is InChI=1S/C27H39NO7/c1-18(8-5-9-19(2)14-22-25(32)20(3)26(33)35-22)10-6-12-27(4,34)13-7-11-21-15-23(29)28(16-21)17-24(30)31/h10,14-15,19,32,34H,5-9,11-13,16-17H2,1-4H3,(H,30,31)/b18-10+,22-14-/t19-,27?/m0/s1. The van der Waals surface area contributed by atoms with Crippen LogP contribution in [0.4, 0.5) is 0 Å². The van der Waals surface area contributed by atoms with Gasteiger partial charge in [0.25, 0.3) is 0 Å². The molecule has 8 heteroatoms. The Labute approximate surface area is 207 Å². The van der Waals surface area contributed by atoms with Gasteiger partial charge in [-0.15, -0.1) is 0 Å². The van der Waals surface area contributed by atoms with E-state index in [0.29, 0.717) is 25.8 Å². The lowest BCUT2D eigenvalue weighted by atomic mass is 9.91. The zero-order chi connectivity index (χ0) is 26.2. The Bertz CT molecular complexity index is 939. The summed E-state index contributed by atoms with van der Waals surface area (Å²) < 4.78 is 5.07. The molecule has 3 N–H and O–H groups in total. The molecule has 0 aromatic heterocycles. The molecule has 0 aromatic rings. The van der Waals surface area contributed by atoms with E-state index in [1.54, 1.807) is 13.0 Å². The minimum absolute atomic E-state index is 0.0707. The van der Waals surface area contributed by atoms with Gasteiger partial charge in [0.1, 0.15) is 6.54 Å². The van der Waals surface area contributed by atoms with Crippen LogP contribution in [0.2, 0.25) is 0 Å². The first-order chi connectivity index (χ1) is 16.4. The number of aliphatic carboxylic acids is 1. The fourth-order valence-electron chi connectivity index (χ4n) is 4.30. The van der Waals surface area contributed by atoms with Gasteiger partial charge in [0.05, 0.1) is 11.2 Å². The minimum atomic E-state index is -1.02. The Balaban J connectivity index is 1.64. The molecule has 0 spiro atoms. The lowest BCUT2D eigenvalue weighted by molar-refractivity contribution is -0.142. The number of rotatable bonds is 14. The topological polar surface area (TPSA) is 124 Å². The highest BCUT2D eigenvalue weighted by Crippen LogP contribution is 2.27. The van der Waals surface area contributed by atoms with Crippen LogP contribution in [0.25, 0.3) is 0 Å². The number of carbonyl (C=O) groups excluding carboxylic acids is 2. The van der Waals surface area contributed by atoms with Crippen molar-refractivity contribution in [2.24, 2.45) is 5.92 Å². The molecule has 194 valence electrons. The Morgan fingerprint density at radius 1 is 1.29 bits per heavy atom. The van der Waals surface area contributed by atoms with Crippen molar-refractivity contribution < 1.29 is 34.4 Å². The molecule has 2 heterocycles. The van der Waals surface area contributed by atoms with E-state index in [1.807, 2.05) is 13.8 Å². The Morgan fingerprint density at radius 2 is 2.00 bits per heavy atom. The summed E-state index contributed by atoms with van der Waals surface area (Å²) in [5, 5.41) is 29.5. The molecule has 1 unspecified atom stereocenters. The van der Waals surface area contributed by atoms with Gasteiger partial charge in [-0.3, -0.25) is 9.59 Å². The monoisotopic (exact) mass is 489 g/mol. The predicted molar refractivity (Wildman–Crippen MR) is 132 cm³/mol. The molecule has 8 nitrogen and oxygen atoms in total. The predicted octanol–water partition coefficient (Wildman–Crippen LogP) is 4.57. The highest BCUT2D eigenvalue weighted by atomic mass is 16.6.